The van der Waals surface area contributed by atoms with E-state index in [4.69, 9.17) is 4.74 Å². The number of hydrogen-bond donors (Lipinski definition) is 1. The fourth-order valence-corrected chi connectivity index (χ4v) is 4.83. The highest BCUT2D eigenvalue weighted by Crippen LogP contribution is 2.37. The highest BCUT2D eigenvalue weighted by atomic mass is 19.3. The van der Waals surface area contributed by atoms with Gasteiger partial charge in [-0.3, -0.25) is 4.79 Å². The fraction of sp³-hybridized carbons (Fsp3) is 0.583. The molecule has 4 rings (SSSR count). The molecule has 174 valence electrons. The largest absolute Gasteiger partial charge is 0.481 e. The maximum Gasteiger partial charge on any atom is 0.263 e. The number of nitrogens with one attached hydrogen (secondary N) is 1. The van der Waals surface area contributed by atoms with Crippen LogP contribution in [0.5, 0.6) is 5.75 Å². The number of halogens is 2. The number of amides is 1. The number of fused-ring (bicyclic) bond motifs is 1. The Labute approximate surface area is 187 Å². The first-order valence-corrected chi connectivity index (χ1v) is 11.4. The number of ether oxygens (including phenoxy) is 1. The van der Waals surface area contributed by atoms with Gasteiger partial charge in [-0.05, 0) is 76.1 Å². The molecule has 2 aliphatic heterocycles. The van der Waals surface area contributed by atoms with Crippen LogP contribution in [-0.4, -0.2) is 52.2 Å². The highest BCUT2D eigenvalue weighted by molar-refractivity contribution is 5.81. The molecule has 8 heteroatoms. The maximum absolute atomic E-state index is 13.7. The molecule has 1 aromatic carbocycles. The van der Waals surface area contributed by atoms with Crippen molar-refractivity contribution < 1.29 is 18.3 Å². The summed E-state index contributed by atoms with van der Waals surface area (Å²) in [5.74, 6) is 1.57. The first-order chi connectivity index (χ1) is 15.2. The van der Waals surface area contributed by atoms with E-state index in [1.54, 1.807) is 6.92 Å². The number of likely N-dealkylation sites (tertiary alicyclic amines) is 1. The van der Waals surface area contributed by atoms with Crippen molar-refractivity contribution in [3.05, 3.63) is 41.1 Å². The van der Waals surface area contributed by atoms with Crippen LogP contribution in [0.15, 0.2) is 24.3 Å². The number of rotatable bonds is 5. The summed E-state index contributed by atoms with van der Waals surface area (Å²) in [5.41, 5.74) is 3.04. The molecule has 0 radical (unpaired) electrons. The summed E-state index contributed by atoms with van der Waals surface area (Å²) in [7, 11) is 0. The number of carbonyl (C=O) groups excluding carboxylic acids is 1. The Kier molecular flexibility index (Phi) is 6.40. The molecule has 1 amide bonds. The van der Waals surface area contributed by atoms with Gasteiger partial charge in [-0.15, -0.1) is 0 Å². The van der Waals surface area contributed by atoms with Crippen molar-refractivity contribution >= 4 is 11.7 Å². The Morgan fingerprint density at radius 2 is 1.88 bits per heavy atom. The standard InChI is InChI=1S/C24H32F2N4O2/c1-14-5-6-19(11-15(14)2)32-17(4)24(31)29-9-7-18(8-10-29)20-13-21(23(25)26)30-22(27-20)12-16(3)28-30/h5-6,11-12,17-18,20-21,23,27H,7-10,13H2,1-4H3/t17?,20-,21+/m0/s1. The van der Waals surface area contributed by atoms with Crippen LogP contribution < -0.4 is 10.1 Å². The van der Waals surface area contributed by atoms with E-state index in [0.29, 0.717) is 31.1 Å². The van der Waals surface area contributed by atoms with E-state index >= 15 is 0 Å². The summed E-state index contributed by atoms with van der Waals surface area (Å²) >= 11 is 0. The Bertz CT molecular complexity index is 969. The van der Waals surface area contributed by atoms with Gasteiger partial charge in [0.1, 0.15) is 17.6 Å². The van der Waals surface area contributed by atoms with Gasteiger partial charge < -0.3 is 15.0 Å². The molecule has 0 bridgehead atoms. The number of aromatic nitrogens is 2. The van der Waals surface area contributed by atoms with E-state index in [9.17, 15) is 13.6 Å². The quantitative estimate of drug-likeness (QED) is 0.735. The van der Waals surface area contributed by atoms with Crippen molar-refractivity contribution in [2.24, 2.45) is 5.92 Å². The first kappa shape index (κ1) is 22.6. The average molecular weight is 447 g/mol. The summed E-state index contributed by atoms with van der Waals surface area (Å²) < 4.78 is 34.7. The molecule has 2 aromatic rings. The summed E-state index contributed by atoms with van der Waals surface area (Å²) in [6, 6.07) is 6.71. The molecule has 1 aromatic heterocycles. The summed E-state index contributed by atoms with van der Waals surface area (Å²) in [4.78, 5) is 14.8. The van der Waals surface area contributed by atoms with Crippen molar-refractivity contribution in [3.8, 4) is 5.75 Å². The van der Waals surface area contributed by atoms with Crippen molar-refractivity contribution in [2.45, 2.75) is 71.6 Å². The van der Waals surface area contributed by atoms with Gasteiger partial charge in [-0.25, -0.2) is 13.5 Å². The van der Waals surface area contributed by atoms with Crippen molar-refractivity contribution in [1.29, 1.82) is 0 Å². The molecular weight excluding hydrogens is 414 g/mol. The van der Waals surface area contributed by atoms with E-state index in [2.05, 4.69) is 10.4 Å². The van der Waals surface area contributed by atoms with Crippen LogP contribution in [0, 0.1) is 26.7 Å². The minimum Gasteiger partial charge on any atom is -0.481 e. The molecule has 1 unspecified atom stereocenters. The lowest BCUT2D eigenvalue weighted by atomic mass is 9.85. The predicted molar refractivity (Wildman–Crippen MR) is 119 cm³/mol. The Morgan fingerprint density at radius 1 is 1.16 bits per heavy atom. The van der Waals surface area contributed by atoms with Crippen LogP contribution in [0.2, 0.25) is 0 Å². The fourth-order valence-electron chi connectivity index (χ4n) is 4.83. The lowest BCUT2D eigenvalue weighted by molar-refractivity contribution is -0.139. The number of piperidine rings is 1. The average Bonchev–Trinajstić information content (AvgIpc) is 3.15. The molecule has 2 aliphatic rings. The van der Waals surface area contributed by atoms with Gasteiger partial charge in [-0.2, -0.15) is 5.10 Å². The third-order valence-electron chi connectivity index (χ3n) is 6.85. The number of benzene rings is 1. The van der Waals surface area contributed by atoms with E-state index in [-0.39, 0.29) is 17.9 Å². The maximum atomic E-state index is 13.7. The number of anilines is 1. The molecule has 3 heterocycles. The third-order valence-corrected chi connectivity index (χ3v) is 6.85. The zero-order valence-corrected chi connectivity index (χ0v) is 19.1. The predicted octanol–water partition coefficient (Wildman–Crippen LogP) is 4.50. The van der Waals surface area contributed by atoms with E-state index in [1.807, 2.05) is 49.9 Å². The second-order valence-corrected chi connectivity index (χ2v) is 9.17. The molecule has 0 saturated carbocycles. The molecule has 1 saturated heterocycles. The minimum absolute atomic E-state index is 0.0301. The van der Waals surface area contributed by atoms with Crippen LogP contribution in [0.1, 0.15) is 49.0 Å². The molecule has 1 N–H and O–H groups in total. The molecule has 0 spiro atoms. The van der Waals surface area contributed by atoms with Crippen LogP contribution in [0.4, 0.5) is 14.6 Å². The summed E-state index contributed by atoms with van der Waals surface area (Å²) in [5, 5.41) is 7.66. The molecule has 1 fully saturated rings. The Balaban J connectivity index is 1.34. The highest BCUT2D eigenvalue weighted by Gasteiger charge is 2.38. The number of carbonyl (C=O) groups is 1. The van der Waals surface area contributed by atoms with Crippen molar-refractivity contribution in [1.82, 2.24) is 14.7 Å². The Hall–Kier alpha value is -2.64. The second-order valence-electron chi connectivity index (χ2n) is 9.17. The SMILES string of the molecule is Cc1cc2n(n1)[C@@H](C(F)F)C[C@@H](C1CCN(C(=O)C(C)Oc3ccc(C)c(C)c3)CC1)N2. The number of hydrogen-bond acceptors (Lipinski definition) is 4. The normalized spacial score (nSPS) is 22.4. The van der Waals surface area contributed by atoms with E-state index in [0.717, 1.165) is 24.1 Å². The van der Waals surface area contributed by atoms with Gasteiger partial charge in [0.15, 0.2) is 6.10 Å². The molecule has 32 heavy (non-hydrogen) atoms. The van der Waals surface area contributed by atoms with E-state index in [1.165, 1.54) is 10.2 Å². The van der Waals surface area contributed by atoms with Gasteiger partial charge in [0.25, 0.3) is 12.3 Å². The summed E-state index contributed by atoms with van der Waals surface area (Å²) in [6.07, 6.45) is -1.12. The van der Waals surface area contributed by atoms with Gasteiger partial charge in [0.05, 0.1) is 5.69 Å². The van der Waals surface area contributed by atoms with Crippen LogP contribution in [-0.2, 0) is 4.79 Å². The van der Waals surface area contributed by atoms with Gasteiger partial charge in [0.2, 0.25) is 0 Å². The third kappa shape index (κ3) is 4.59. The smallest absolute Gasteiger partial charge is 0.263 e. The molecule has 6 nitrogen and oxygen atoms in total. The minimum atomic E-state index is -2.46. The van der Waals surface area contributed by atoms with E-state index < -0.39 is 18.6 Å². The van der Waals surface area contributed by atoms with Crippen LogP contribution >= 0.6 is 0 Å². The topological polar surface area (TPSA) is 59.4 Å². The first-order valence-electron chi connectivity index (χ1n) is 11.4. The number of nitrogens with zero attached hydrogens (tertiary/aromatic N) is 3. The van der Waals surface area contributed by atoms with Crippen molar-refractivity contribution in [3.63, 3.8) is 0 Å². The lowest BCUT2D eigenvalue weighted by Gasteiger charge is -2.40. The molecule has 0 aliphatic carbocycles. The zero-order chi connectivity index (χ0) is 23.0. The van der Waals surface area contributed by atoms with Crippen LogP contribution in [0.25, 0.3) is 0 Å². The lowest BCUT2D eigenvalue weighted by Crippen LogP contribution is -2.48. The van der Waals surface area contributed by atoms with Gasteiger partial charge in [0, 0.05) is 25.2 Å². The van der Waals surface area contributed by atoms with Gasteiger partial charge in [-0.1, -0.05) is 6.07 Å². The summed E-state index contributed by atoms with van der Waals surface area (Å²) in [6.45, 7) is 8.88. The molecule has 3 atom stereocenters. The van der Waals surface area contributed by atoms with Gasteiger partial charge >= 0.3 is 0 Å². The van der Waals surface area contributed by atoms with Crippen molar-refractivity contribution in [2.75, 3.05) is 18.4 Å². The zero-order valence-electron chi connectivity index (χ0n) is 19.1. The van der Waals surface area contributed by atoms with Crippen LogP contribution in [0.3, 0.4) is 0 Å². The Morgan fingerprint density at radius 3 is 2.53 bits per heavy atom. The number of aryl methyl sites for hydroxylation is 3. The second kappa shape index (κ2) is 9.08. The monoisotopic (exact) mass is 446 g/mol. The molecular formula is C24H32F2N4O2. The number of alkyl halides is 2.